The molecule has 0 spiro atoms. The minimum Gasteiger partial charge on any atom is -0.497 e. The highest BCUT2D eigenvalue weighted by molar-refractivity contribution is 8.00. The van der Waals surface area contributed by atoms with Crippen LogP contribution in [0.2, 0.25) is 0 Å². The molecule has 0 atom stereocenters. The molecule has 0 bridgehead atoms. The molecule has 0 saturated heterocycles. The van der Waals surface area contributed by atoms with Gasteiger partial charge in [-0.3, -0.25) is 9.36 Å². The molecule has 0 aliphatic rings. The number of rotatable bonds is 5. The van der Waals surface area contributed by atoms with Crippen LogP contribution in [0.4, 0.5) is 0 Å². The van der Waals surface area contributed by atoms with Crippen LogP contribution < -0.4 is 10.3 Å². The topological polar surface area (TPSA) is 57.0 Å². The Morgan fingerprint density at radius 1 is 1.11 bits per heavy atom. The van der Waals surface area contributed by atoms with Gasteiger partial charge in [0.05, 0.1) is 12.8 Å². The second kappa shape index (κ2) is 7.77. The lowest BCUT2D eigenvalue weighted by Gasteiger charge is -2.11. The highest BCUT2D eigenvalue weighted by atomic mass is 32.2. The molecule has 0 aliphatic carbocycles. The number of benzene rings is 2. The first-order chi connectivity index (χ1) is 13.6. The van der Waals surface area contributed by atoms with E-state index in [0.717, 1.165) is 32.7 Å². The van der Waals surface area contributed by atoms with E-state index in [1.165, 1.54) is 16.9 Å². The quantitative estimate of drug-likeness (QED) is 0.445. The molecule has 7 heteroatoms. The van der Waals surface area contributed by atoms with Crippen LogP contribution in [-0.2, 0) is 5.75 Å². The molecule has 0 fully saturated rings. The molecule has 0 radical (unpaired) electrons. The van der Waals surface area contributed by atoms with Crippen molar-refractivity contribution in [1.29, 1.82) is 0 Å². The molecule has 2 heterocycles. The Balaban J connectivity index is 1.64. The maximum absolute atomic E-state index is 13.1. The van der Waals surface area contributed by atoms with Crippen molar-refractivity contribution in [2.45, 2.75) is 23.9 Å². The molecular formula is C21H19N3O2S2. The van der Waals surface area contributed by atoms with Crippen LogP contribution in [0.1, 0.15) is 16.7 Å². The summed E-state index contributed by atoms with van der Waals surface area (Å²) in [6.07, 6.45) is 1.58. The summed E-state index contributed by atoms with van der Waals surface area (Å²) < 4.78 is 8.24. The summed E-state index contributed by atoms with van der Waals surface area (Å²) in [5.74, 6) is 1.61. The lowest BCUT2D eigenvalue weighted by atomic mass is 10.1. The number of methoxy groups -OCH3 is 1. The molecule has 0 N–H and O–H groups in total. The number of thiazole rings is 1. The van der Waals surface area contributed by atoms with Gasteiger partial charge in [-0.25, -0.2) is 9.97 Å². The lowest BCUT2D eigenvalue weighted by Crippen LogP contribution is -2.19. The number of nitrogens with zero attached hydrogens (tertiary/aromatic N) is 3. The molecule has 142 valence electrons. The highest BCUT2D eigenvalue weighted by Crippen LogP contribution is 2.30. The molecule has 2 aromatic heterocycles. The van der Waals surface area contributed by atoms with Crippen LogP contribution >= 0.6 is 23.1 Å². The van der Waals surface area contributed by atoms with Crippen molar-refractivity contribution < 1.29 is 4.74 Å². The molecule has 2 aromatic carbocycles. The van der Waals surface area contributed by atoms with Gasteiger partial charge >= 0.3 is 0 Å². The number of ether oxygens (including phenoxy) is 1. The Morgan fingerprint density at radius 3 is 2.50 bits per heavy atom. The van der Waals surface area contributed by atoms with Gasteiger partial charge in [-0.2, -0.15) is 0 Å². The van der Waals surface area contributed by atoms with E-state index in [-0.39, 0.29) is 5.56 Å². The van der Waals surface area contributed by atoms with Gasteiger partial charge in [0.2, 0.25) is 0 Å². The minimum absolute atomic E-state index is 0.0730. The predicted octanol–water partition coefficient (Wildman–Crippen LogP) is 4.76. The van der Waals surface area contributed by atoms with Crippen LogP contribution in [0, 0.1) is 13.8 Å². The molecule has 0 amide bonds. The van der Waals surface area contributed by atoms with Crippen LogP contribution in [0.3, 0.4) is 0 Å². The molecular weight excluding hydrogens is 390 g/mol. The van der Waals surface area contributed by atoms with Crippen LogP contribution in [0.15, 0.2) is 57.9 Å². The second-order valence-electron chi connectivity index (χ2n) is 6.43. The normalized spacial score (nSPS) is 11.1. The van der Waals surface area contributed by atoms with Crippen molar-refractivity contribution in [3.05, 3.63) is 75.8 Å². The van der Waals surface area contributed by atoms with E-state index in [4.69, 9.17) is 4.74 Å². The Hall–Kier alpha value is -2.64. The van der Waals surface area contributed by atoms with Crippen molar-refractivity contribution in [3.8, 4) is 11.4 Å². The Bertz CT molecular complexity index is 1180. The van der Waals surface area contributed by atoms with Gasteiger partial charge in [-0.15, -0.1) is 11.3 Å². The minimum atomic E-state index is -0.0730. The van der Waals surface area contributed by atoms with E-state index >= 15 is 0 Å². The first-order valence-electron chi connectivity index (χ1n) is 8.77. The Labute approximate surface area is 171 Å². The van der Waals surface area contributed by atoms with E-state index < -0.39 is 0 Å². The van der Waals surface area contributed by atoms with Crippen molar-refractivity contribution in [2.75, 3.05) is 7.11 Å². The zero-order valence-electron chi connectivity index (χ0n) is 15.8. The smallest absolute Gasteiger partial charge is 0.277 e. The van der Waals surface area contributed by atoms with E-state index in [0.29, 0.717) is 10.3 Å². The summed E-state index contributed by atoms with van der Waals surface area (Å²) in [4.78, 5) is 22.0. The summed E-state index contributed by atoms with van der Waals surface area (Å²) in [5, 5.41) is 0. The van der Waals surface area contributed by atoms with Crippen LogP contribution in [0.5, 0.6) is 5.75 Å². The van der Waals surface area contributed by atoms with Gasteiger partial charge in [0, 0.05) is 5.75 Å². The van der Waals surface area contributed by atoms with E-state index in [9.17, 15) is 4.79 Å². The summed E-state index contributed by atoms with van der Waals surface area (Å²) in [6, 6.07) is 13.9. The number of thioether (sulfide) groups is 1. The fourth-order valence-corrected chi connectivity index (χ4v) is 5.05. The molecule has 4 aromatic rings. The third kappa shape index (κ3) is 3.55. The van der Waals surface area contributed by atoms with Gasteiger partial charge < -0.3 is 4.74 Å². The lowest BCUT2D eigenvalue weighted by molar-refractivity contribution is 0.414. The van der Waals surface area contributed by atoms with E-state index in [2.05, 4.69) is 9.97 Å². The number of aryl methyl sites for hydroxylation is 2. The van der Waals surface area contributed by atoms with Gasteiger partial charge in [-0.1, -0.05) is 42.1 Å². The number of hydrogen-bond donors (Lipinski definition) is 0. The van der Waals surface area contributed by atoms with Crippen LogP contribution in [0.25, 0.3) is 16.0 Å². The fraction of sp³-hybridized carbons (Fsp3) is 0.190. The summed E-state index contributed by atoms with van der Waals surface area (Å²) in [7, 11) is 1.66. The number of hydrogen-bond acceptors (Lipinski definition) is 6. The fourth-order valence-electron chi connectivity index (χ4n) is 3.07. The van der Waals surface area contributed by atoms with Crippen molar-refractivity contribution in [3.63, 3.8) is 0 Å². The maximum atomic E-state index is 13.1. The van der Waals surface area contributed by atoms with Gasteiger partial charge in [-0.05, 0) is 42.7 Å². The third-order valence-electron chi connectivity index (χ3n) is 4.50. The number of fused-ring (bicyclic) bond motifs is 1. The molecule has 4 rings (SSSR count). The molecule has 0 unspecified atom stereocenters. The zero-order valence-corrected chi connectivity index (χ0v) is 17.4. The second-order valence-corrected chi connectivity index (χ2v) is 8.65. The van der Waals surface area contributed by atoms with Gasteiger partial charge in [0.15, 0.2) is 9.99 Å². The van der Waals surface area contributed by atoms with E-state index in [1.807, 2.05) is 56.3 Å². The number of aromatic nitrogens is 3. The SMILES string of the molecule is COc1ccc(CSc2nc3ncn(-c4c(C)cccc4C)c(=O)c3s2)cc1. The summed E-state index contributed by atoms with van der Waals surface area (Å²) in [6.45, 7) is 4.00. The van der Waals surface area contributed by atoms with Gasteiger partial charge in [0.25, 0.3) is 5.56 Å². The first-order valence-corrected chi connectivity index (χ1v) is 10.6. The monoisotopic (exact) mass is 409 g/mol. The van der Waals surface area contributed by atoms with Crippen LogP contribution in [-0.4, -0.2) is 21.6 Å². The first kappa shape index (κ1) is 18.7. The van der Waals surface area contributed by atoms with Crippen molar-refractivity contribution >= 4 is 33.4 Å². The maximum Gasteiger partial charge on any atom is 0.277 e. The standard InChI is InChI=1S/C21H19N3O2S2/c1-13-5-4-6-14(2)17(13)24-12-22-19-18(20(24)25)28-21(23-19)27-11-15-7-9-16(26-3)10-8-15/h4-10,12H,11H2,1-3H3. The average molecular weight is 410 g/mol. The predicted molar refractivity (Wildman–Crippen MR) is 115 cm³/mol. The average Bonchev–Trinajstić information content (AvgIpc) is 3.12. The summed E-state index contributed by atoms with van der Waals surface area (Å²) in [5.41, 5.74) is 4.59. The highest BCUT2D eigenvalue weighted by Gasteiger charge is 2.14. The molecule has 0 saturated carbocycles. The zero-order chi connectivity index (χ0) is 19.7. The van der Waals surface area contributed by atoms with E-state index in [1.54, 1.807) is 29.8 Å². The Morgan fingerprint density at radius 2 is 1.82 bits per heavy atom. The van der Waals surface area contributed by atoms with Crippen molar-refractivity contribution in [1.82, 2.24) is 14.5 Å². The largest absolute Gasteiger partial charge is 0.497 e. The molecule has 28 heavy (non-hydrogen) atoms. The molecule has 5 nitrogen and oxygen atoms in total. The van der Waals surface area contributed by atoms with Crippen molar-refractivity contribution in [2.24, 2.45) is 0 Å². The van der Waals surface area contributed by atoms with Gasteiger partial charge in [0.1, 0.15) is 16.8 Å². The number of para-hydroxylation sites is 1. The third-order valence-corrected chi connectivity index (χ3v) is 6.75. The molecule has 0 aliphatic heterocycles. The summed E-state index contributed by atoms with van der Waals surface area (Å²) >= 11 is 3.01. The Kier molecular flexibility index (Phi) is 5.19.